The lowest BCUT2D eigenvalue weighted by molar-refractivity contribution is 0.0175. The summed E-state index contributed by atoms with van der Waals surface area (Å²) in [7, 11) is 3.95. The van der Waals surface area contributed by atoms with Gasteiger partial charge in [-0.25, -0.2) is 9.97 Å². The van der Waals surface area contributed by atoms with E-state index in [-0.39, 0.29) is 0 Å². The highest BCUT2D eigenvalue weighted by Gasteiger charge is 2.53. The zero-order valence-corrected chi connectivity index (χ0v) is 16.2. The van der Waals surface area contributed by atoms with Gasteiger partial charge in [-0.2, -0.15) is 4.52 Å². The molecule has 0 amide bonds. The van der Waals surface area contributed by atoms with Crippen LogP contribution in [-0.4, -0.2) is 67.7 Å². The van der Waals surface area contributed by atoms with Crippen LogP contribution in [0, 0.1) is 0 Å². The highest BCUT2D eigenvalue weighted by molar-refractivity contribution is 5.95. The zero-order chi connectivity index (χ0) is 19.0. The fourth-order valence-corrected chi connectivity index (χ4v) is 5.97. The normalized spacial score (nSPS) is 29.9. The summed E-state index contributed by atoms with van der Waals surface area (Å²) in [5.41, 5.74) is 7.68. The van der Waals surface area contributed by atoms with Crippen molar-refractivity contribution in [3.8, 4) is 5.75 Å². The van der Waals surface area contributed by atoms with E-state index >= 15 is 0 Å². The third-order valence-electron chi connectivity index (χ3n) is 7.18. The number of aromatic nitrogens is 4. The first-order chi connectivity index (χ1) is 13.7. The van der Waals surface area contributed by atoms with Crippen LogP contribution in [0.25, 0.3) is 16.6 Å². The number of fused-ring (bicyclic) bond motifs is 9. The van der Waals surface area contributed by atoms with Gasteiger partial charge in [-0.05, 0) is 44.9 Å². The summed E-state index contributed by atoms with van der Waals surface area (Å²) in [6, 6.07) is 8.43. The van der Waals surface area contributed by atoms with E-state index in [0.29, 0.717) is 35.9 Å². The van der Waals surface area contributed by atoms with Crippen LogP contribution in [0.3, 0.4) is 0 Å². The predicted molar refractivity (Wildman–Crippen MR) is 106 cm³/mol. The van der Waals surface area contributed by atoms with Crippen LogP contribution >= 0.6 is 0 Å². The summed E-state index contributed by atoms with van der Waals surface area (Å²) in [6.07, 6.45) is 5.21. The summed E-state index contributed by atoms with van der Waals surface area (Å²) >= 11 is 0. The fourth-order valence-electron chi connectivity index (χ4n) is 5.97. The van der Waals surface area contributed by atoms with Crippen molar-refractivity contribution in [2.45, 2.75) is 56.4 Å². The number of piperazine rings is 1. The number of hydrogen-bond acceptors (Lipinski definition) is 7. The first-order valence-corrected chi connectivity index (χ1v) is 10.1. The first-order valence-electron chi connectivity index (χ1n) is 10.1. The van der Waals surface area contributed by atoms with Crippen molar-refractivity contribution in [2.24, 2.45) is 0 Å². The van der Waals surface area contributed by atoms with Crippen LogP contribution in [-0.2, 0) is 6.54 Å². The van der Waals surface area contributed by atoms with Crippen LogP contribution in [0.4, 0.5) is 5.95 Å². The van der Waals surface area contributed by atoms with Gasteiger partial charge in [0.1, 0.15) is 11.3 Å². The molecule has 4 atom stereocenters. The smallest absolute Gasteiger partial charge is 0.223 e. The van der Waals surface area contributed by atoms with Crippen molar-refractivity contribution in [1.29, 1.82) is 0 Å². The maximum absolute atomic E-state index is 6.21. The predicted octanol–water partition coefficient (Wildman–Crippen LogP) is 1.68. The summed E-state index contributed by atoms with van der Waals surface area (Å²) in [4.78, 5) is 14.7. The molecule has 146 valence electrons. The third kappa shape index (κ3) is 2.10. The van der Waals surface area contributed by atoms with Crippen LogP contribution in [0.1, 0.15) is 31.5 Å². The Morgan fingerprint density at radius 1 is 1.07 bits per heavy atom. The van der Waals surface area contributed by atoms with Crippen LogP contribution in [0.2, 0.25) is 0 Å². The number of nitrogens with two attached hydrogens (primary N) is 1. The molecule has 2 aromatic heterocycles. The molecule has 0 aliphatic carbocycles. The minimum Gasteiger partial charge on any atom is -0.494 e. The van der Waals surface area contributed by atoms with Crippen molar-refractivity contribution in [3.05, 3.63) is 24.0 Å². The van der Waals surface area contributed by atoms with Gasteiger partial charge in [0, 0.05) is 29.6 Å². The zero-order valence-electron chi connectivity index (χ0n) is 16.2. The lowest BCUT2D eigenvalue weighted by Gasteiger charge is -2.44. The lowest BCUT2D eigenvalue weighted by atomic mass is 10.0. The van der Waals surface area contributed by atoms with Crippen molar-refractivity contribution in [1.82, 2.24) is 29.4 Å². The first kappa shape index (κ1) is 16.5. The topological polar surface area (TPSA) is 84.8 Å². The van der Waals surface area contributed by atoms with Gasteiger partial charge in [0.25, 0.3) is 0 Å². The molecule has 5 heterocycles. The van der Waals surface area contributed by atoms with Crippen molar-refractivity contribution < 1.29 is 4.74 Å². The molecule has 3 aliphatic rings. The molecule has 6 rings (SSSR count). The minimum absolute atomic E-state index is 0.340. The van der Waals surface area contributed by atoms with Crippen molar-refractivity contribution in [3.63, 3.8) is 0 Å². The molecule has 0 radical (unpaired) electrons. The molecule has 2 N–H and O–H groups in total. The molecule has 8 heteroatoms. The average Bonchev–Trinajstić information content (AvgIpc) is 3.32. The maximum Gasteiger partial charge on any atom is 0.223 e. The molecule has 0 saturated carbocycles. The highest BCUT2D eigenvalue weighted by atomic mass is 16.5. The Balaban J connectivity index is 1.41. The number of likely N-dealkylation sites (N-methyl/N-ethyl adjacent to an activating group) is 1. The van der Waals surface area contributed by atoms with E-state index in [0.717, 1.165) is 28.9 Å². The van der Waals surface area contributed by atoms with Crippen LogP contribution in [0.5, 0.6) is 5.75 Å². The van der Waals surface area contributed by atoms with Crippen molar-refractivity contribution >= 4 is 22.5 Å². The number of hydrogen-bond donors (Lipinski definition) is 1. The van der Waals surface area contributed by atoms with E-state index < -0.39 is 0 Å². The molecule has 3 aliphatic heterocycles. The Bertz CT molecular complexity index is 1060. The number of ether oxygens (including phenoxy) is 1. The fraction of sp³-hybridized carbons (Fsp3) is 0.550. The molecular formula is C20H25N7O. The van der Waals surface area contributed by atoms with E-state index in [1.165, 1.54) is 25.7 Å². The Morgan fingerprint density at radius 3 is 2.50 bits per heavy atom. The number of methoxy groups -OCH3 is 1. The van der Waals surface area contributed by atoms with E-state index in [1.54, 1.807) is 11.6 Å². The molecule has 4 bridgehead atoms. The number of benzene rings is 1. The van der Waals surface area contributed by atoms with Gasteiger partial charge in [-0.3, -0.25) is 9.80 Å². The van der Waals surface area contributed by atoms with Gasteiger partial charge in [-0.15, -0.1) is 5.10 Å². The summed E-state index contributed by atoms with van der Waals surface area (Å²) in [6.45, 7) is 0.781. The largest absolute Gasteiger partial charge is 0.494 e. The van der Waals surface area contributed by atoms with E-state index in [2.05, 4.69) is 21.8 Å². The second-order valence-corrected chi connectivity index (χ2v) is 8.35. The molecule has 4 unspecified atom stereocenters. The molecular weight excluding hydrogens is 354 g/mol. The SMILES string of the molecule is COc1cccc2c1nc(N)n1nc(CN3C4CCC3C3CCC4N3C)nc21. The summed E-state index contributed by atoms with van der Waals surface area (Å²) in [5, 5.41) is 5.63. The van der Waals surface area contributed by atoms with Gasteiger partial charge < -0.3 is 10.5 Å². The standard InChI is InChI=1S/C20H25N7O/c1-25-12-6-7-13(25)15-9-8-14(12)26(15)10-17-22-19-11-4-3-5-16(28-2)18(11)23-20(21)27(19)24-17/h3-5,12-15H,6-10H2,1-2H3,(H2,21,23). The van der Waals surface area contributed by atoms with E-state index in [4.69, 9.17) is 20.6 Å². The van der Waals surface area contributed by atoms with Gasteiger partial charge in [0.05, 0.1) is 13.7 Å². The molecule has 3 saturated heterocycles. The minimum atomic E-state index is 0.340. The Labute approximate surface area is 163 Å². The Morgan fingerprint density at radius 2 is 1.79 bits per heavy atom. The molecule has 0 spiro atoms. The van der Waals surface area contributed by atoms with Crippen LogP contribution in [0.15, 0.2) is 18.2 Å². The highest BCUT2D eigenvalue weighted by Crippen LogP contribution is 2.45. The number of nitrogens with zero attached hydrogens (tertiary/aromatic N) is 6. The molecule has 3 fully saturated rings. The summed E-state index contributed by atoms with van der Waals surface area (Å²) in [5.74, 6) is 1.86. The molecule has 1 aromatic carbocycles. The monoisotopic (exact) mass is 379 g/mol. The van der Waals surface area contributed by atoms with Gasteiger partial charge >= 0.3 is 0 Å². The van der Waals surface area contributed by atoms with Crippen LogP contribution < -0.4 is 10.5 Å². The van der Waals surface area contributed by atoms with Gasteiger partial charge in [0.15, 0.2) is 11.5 Å². The second-order valence-electron chi connectivity index (χ2n) is 8.35. The number of anilines is 1. The molecule has 8 nitrogen and oxygen atoms in total. The number of para-hydroxylation sites is 1. The number of rotatable bonds is 3. The molecule has 3 aromatic rings. The Kier molecular flexibility index (Phi) is 3.40. The van der Waals surface area contributed by atoms with Gasteiger partial charge in [0.2, 0.25) is 5.95 Å². The maximum atomic E-state index is 6.21. The second kappa shape index (κ2) is 5.78. The quantitative estimate of drug-likeness (QED) is 0.741. The van der Waals surface area contributed by atoms with Crippen molar-refractivity contribution in [2.75, 3.05) is 19.9 Å². The lowest BCUT2D eigenvalue weighted by Crippen LogP contribution is -2.58. The van der Waals surface area contributed by atoms with E-state index in [9.17, 15) is 0 Å². The number of nitrogen functional groups attached to an aromatic ring is 1. The third-order valence-corrected chi connectivity index (χ3v) is 7.18. The average molecular weight is 379 g/mol. The Hall–Kier alpha value is -2.45. The summed E-state index contributed by atoms with van der Waals surface area (Å²) < 4.78 is 7.12. The molecule has 28 heavy (non-hydrogen) atoms. The van der Waals surface area contributed by atoms with E-state index in [1.807, 2.05) is 18.2 Å². The van der Waals surface area contributed by atoms with Gasteiger partial charge in [-0.1, -0.05) is 6.07 Å².